The first kappa shape index (κ1) is 24.7. The Hall–Kier alpha value is -3.52. The maximum Gasteiger partial charge on any atom is 0.355 e. The summed E-state index contributed by atoms with van der Waals surface area (Å²) < 4.78 is 12.7. The van der Waals surface area contributed by atoms with Crippen molar-refractivity contribution in [2.24, 2.45) is 7.05 Å². The van der Waals surface area contributed by atoms with E-state index in [0.717, 1.165) is 16.9 Å². The van der Waals surface area contributed by atoms with E-state index in [1.165, 1.54) is 12.8 Å². The van der Waals surface area contributed by atoms with Crippen LogP contribution in [-0.2, 0) is 23.1 Å². The molecule has 0 amide bonds. The van der Waals surface area contributed by atoms with Crippen molar-refractivity contribution in [2.75, 3.05) is 6.61 Å². The van der Waals surface area contributed by atoms with Crippen molar-refractivity contribution in [3.8, 4) is 6.07 Å². The summed E-state index contributed by atoms with van der Waals surface area (Å²) in [6.45, 7) is 6.88. The van der Waals surface area contributed by atoms with E-state index < -0.39 is 5.97 Å². The standard InChI is InChI=1S/C23H22N2O3.C4H10/c1-3-27-23(26)22-21(19(14-24)15-25(22)2)18-10-7-11-20(13-12-18)28-16-17-8-5-4-6-9-17;1-3-4-2/h4-6,8-13,15H,3,7,16H2,1-2H3;3-4H2,1-2H3. The maximum absolute atomic E-state index is 12.4. The summed E-state index contributed by atoms with van der Waals surface area (Å²) in [6.07, 6.45) is 12.6. The van der Waals surface area contributed by atoms with Crippen molar-refractivity contribution in [3.05, 3.63) is 89.0 Å². The fourth-order valence-electron chi connectivity index (χ4n) is 3.09. The first-order valence-electron chi connectivity index (χ1n) is 11.1. The van der Waals surface area contributed by atoms with Crippen molar-refractivity contribution in [1.82, 2.24) is 4.57 Å². The molecule has 32 heavy (non-hydrogen) atoms. The Bertz CT molecular complexity index is 1020. The zero-order valence-corrected chi connectivity index (χ0v) is 19.4. The summed E-state index contributed by atoms with van der Waals surface area (Å²) in [6, 6.07) is 12.1. The topological polar surface area (TPSA) is 64.2 Å². The van der Waals surface area contributed by atoms with Gasteiger partial charge in [-0.1, -0.05) is 69.2 Å². The first-order valence-corrected chi connectivity index (χ1v) is 11.1. The number of ether oxygens (including phenoxy) is 2. The van der Waals surface area contributed by atoms with Crippen LogP contribution >= 0.6 is 0 Å². The average Bonchev–Trinajstić information content (AvgIpc) is 2.98. The molecule has 168 valence electrons. The number of rotatable bonds is 7. The molecule has 0 fully saturated rings. The number of nitrogens with zero attached hydrogens (tertiary/aromatic N) is 2. The molecule has 0 saturated carbocycles. The zero-order chi connectivity index (χ0) is 23.3. The van der Waals surface area contributed by atoms with Crippen molar-refractivity contribution in [1.29, 1.82) is 5.26 Å². The van der Waals surface area contributed by atoms with Gasteiger partial charge in [0.1, 0.15) is 24.1 Å². The summed E-state index contributed by atoms with van der Waals surface area (Å²) >= 11 is 0. The minimum Gasteiger partial charge on any atom is -0.489 e. The summed E-state index contributed by atoms with van der Waals surface area (Å²) in [5.41, 5.74) is 3.30. The zero-order valence-electron chi connectivity index (χ0n) is 19.4. The Kier molecular flexibility index (Phi) is 10.1. The van der Waals surface area contributed by atoms with Crippen LogP contribution in [0.15, 0.2) is 66.6 Å². The number of allylic oxidation sites excluding steroid dienone is 5. The van der Waals surface area contributed by atoms with Crippen LogP contribution in [0.5, 0.6) is 0 Å². The molecule has 0 bridgehead atoms. The second kappa shape index (κ2) is 13.0. The molecule has 0 aliphatic heterocycles. The van der Waals surface area contributed by atoms with Gasteiger partial charge < -0.3 is 14.0 Å². The number of hydrogen-bond donors (Lipinski definition) is 0. The summed E-state index contributed by atoms with van der Waals surface area (Å²) in [7, 11) is 1.74. The minimum atomic E-state index is -0.437. The molecular formula is C27H32N2O3. The SMILES string of the molecule is CCCC.CCOC(=O)c1c(C2=CCC=C(OCc3ccccc3)C=C2)c(C#N)cn1C. The van der Waals surface area contributed by atoms with E-state index in [1.807, 2.05) is 54.6 Å². The third kappa shape index (κ3) is 6.75. The summed E-state index contributed by atoms with van der Waals surface area (Å²) in [4.78, 5) is 12.4. The number of benzene rings is 1. The third-order valence-electron chi connectivity index (χ3n) is 4.89. The van der Waals surface area contributed by atoms with Gasteiger partial charge in [-0.3, -0.25) is 0 Å². The van der Waals surface area contributed by atoms with E-state index in [4.69, 9.17) is 9.47 Å². The van der Waals surface area contributed by atoms with Gasteiger partial charge in [-0.05, 0) is 36.6 Å². The molecule has 0 unspecified atom stereocenters. The number of esters is 1. The fourth-order valence-corrected chi connectivity index (χ4v) is 3.09. The van der Waals surface area contributed by atoms with Gasteiger partial charge in [0.2, 0.25) is 0 Å². The van der Waals surface area contributed by atoms with Crippen molar-refractivity contribution in [2.45, 2.75) is 46.6 Å². The molecule has 1 aromatic heterocycles. The van der Waals surface area contributed by atoms with Crippen LogP contribution in [0, 0.1) is 11.3 Å². The van der Waals surface area contributed by atoms with Gasteiger partial charge in [0.15, 0.2) is 0 Å². The predicted octanol–water partition coefficient (Wildman–Crippen LogP) is 6.32. The van der Waals surface area contributed by atoms with Crippen LogP contribution in [0.4, 0.5) is 0 Å². The van der Waals surface area contributed by atoms with Gasteiger partial charge in [0.05, 0.1) is 12.2 Å². The lowest BCUT2D eigenvalue weighted by Crippen LogP contribution is -2.11. The first-order chi connectivity index (χ1) is 15.5. The van der Waals surface area contributed by atoms with Crippen LogP contribution in [0.25, 0.3) is 5.57 Å². The molecule has 0 radical (unpaired) electrons. The number of aryl methyl sites for hydroxylation is 1. The van der Waals surface area contributed by atoms with E-state index in [9.17, 15) is 10.1 Å². The van der Waals surface area contributed by atoms with Gasteiger partial charge in [-0.25, -0.2) is 4.79 Å². The molecule has 1 aliphatic carbocycles. The lowest BCUT2D eigenvalue weighted by Gasteiger charge is -2.08. The molecule has 1 aromatic carbocycles. The highest BCUT2D eigenvalue weighted by Gasteiger charge is 2.23. The molecule has 0 atom stereocenters. The van der Waals surface area contributed by atoms with Crippen LogP contribution in [0.1, 0.15) is 67.2 Å². The lowest BCUT2D eigenvalue weighted by atomic mass is 10.0. The molecule has 5 nitrogen and oxygen atoms in total. The number of nitriles is 1. The van der Waals surface area contributed by atoms with E-state index >= 15 is 0 Å². The Balaban J connectivity index is 0.000000837. The van der Waals surface area contributed by atoms with Crippen LogP contribution in [0.2, 0.25) is 0 Å². The molecular weight excluding hydrogens is 400 g/mol. The highest BCUT2D eigenvalue weighted by atomic mass is 16.5. The van der Waals surface area contributed by atoms with Crippen molar-refractivity contribution in [3.63, 3.8) is 0 Å². The number of hydrogen-bond acceptors (Lipinski definition) is 4. The second-order valence-electron chi connectivity index (χ2n) is 7.32. The quantitative estimate of drug-likeness (QED) is 0.480. The van der Waals surface area contributed by atoms with E-state index in [-0.39, 0.29) is 6.61 Å². The number of unbranched alkanes of at least 4 members (excludes halogenated alkanes) is 1. The van der Waals surface area contributed by atoms with Gasteiger partial charge >= 0.3 is 5.97 Å². The van der Waals surface area contributed by atoms with Crippen LogP contribution in [-0.4, -0.2) is 17.1 Å². The summed E-state index contributed by atoms with van der Waals surface area (Å²) in [5, 5.41) is 9.53. The van der Waals surface area contributed by atoms with Gasteiger partial charge in [-0.2, -0.15) is 5.26 Å². The average molecular weight is 433 g/mol. The van der Waals surface area contributed by atoms with Gasteiger partial charge in [0.25, 0.3) is 0 Å². The predicted molar refractivity (Wildman–Crippen MR) is 128 cm³/mol. The Morgan fingerprint density at radius 3 is 2.44 bits per heavy atom. The minimum absolute atomic E-state index is 0.277. The van der Waals surface area contributed by atoms with Crippen LogP contribution < -0.4 is 0 Å². The number of aromatic nitrogens is 1. The van der Waals surface area contributed by atoms with Crippen LogP contribution in [0.3, 0.4) is 0 Å². The molecule has 1 aliphatic rings. The number of carbonyl (C=O) groups excluding carboxylic acids is 1. The number of carbonyl (C=O) groups is 1. The molecule has 2 aromatic rings. The van der Waals surface area contributed by atoms with E-state index in [2.05, 4.69) is 19.9 Å². The molecule has 0 spiro atoms. The van der Waals surface area contributed by atoms with Gasteiger partial charge in [0, 0.05) is 18.8 Å². The fraction of sp³-hybridized carbons (Fsp3) is 0.333. The monoisotopic (exact) mass is 432 g/mol. The molecule has 3 rings (SSSR count). The molecule has 0 saturated heterocycles. The molecule has 0 N–H and O–H groups in total. The Morgan fingerprint density at radius 1 is 1.09 bits per heavy atom. The normalized spacial score (nSPS) is 12.5. The molecule has 1 heterocycles. The van der Waals surface area contributed by atoms with Crippen molar-refractivity contribution >= 4 is 11.5 Å². The lowest BCUT2D eigenvalue weighted by molar-refractivity contribution is 0.0515. The largest absolute Gasteiger partial charge is 0.489 e. The highest BCUT2D eigenvalue weighted by Crippen LogP contribution is 2.29. The second-order valence-corrected chi connectivity index (χ2v) is 7.32. The molecule has 5 heteroatoms. The summed E-state index contributed by atoms with van der Waals surface area (Å²) in [5.74, 6) is 0.316. The highest BCUT2D eigenvalue weighted by molar-refractivity contribution is 5.97. The third-order valence-corrected chi connectivity index (χ3v) is 4.89. The van der Waals surface area contributed by atoms with E-state index in [0.29, 0.717) is 29.8 Å². The van der Waals surface area contributed by atoms with E-state index in [1.54, 1.807) is 24.7 Å². The Labute approximate surface area is 191 Å². The Morgan fingerprint density at radius 2 is 1.81 bits per heavy atom. The van der Waals surface area contributed by atoms with Crippen molar-refractivity contribution < 1.29 is 14.3 Å². The van der Waals surface area contributed by atoms with Gasteiger partial charge in [-0.15, -0.1) is 0 Å². The maximum atomic E-state index is 12.4. The smallest absolute Gasteiger partial charge is 0.355 e.